The number of aromatic nitrogens is 3. The molecule has 5 rings (SSSR count). The fraction of sp³-hybridized carbons (Fsp3) is 0.174. The fourth-order valence-electron chi connectivity index (χ4n) is 3.83. The highest BCUT2D eigenvalue weighted by Gasteiger charge is 2.19. The van der Waals surface area contributed by atoms with Gasteiger partial charge in [-0.1, -0.05) is 23.7 Å². The van der Waals surface area contributed by atoms with E-state index in [0.717, 1.165) is 36.3 Å². The van der Waals surface area contributed by atoms with E-state index in [-0.39, 0.29) is 11.9 Å². The van der Waals surface area contributed by atoms with Crippen molar-refractivity contribution in [1.82, 2.24) is 14.6 Å². The molecule has 1 saturated heterocycles. The Hall–Kier alpha value is -3.42. The van der Waals surface area contributed by atoms with E-state index < -0.39 is 0 Å². The number of fused-ring (bicyclic) bond motifs is 1. The minimum Gasteiger partial charge on any atom is -0.370 e. The Balaban J connectivity index is 1.37. The number of hydrogen-bond donors (Lipinski definition) is 2. The van der Waals surface area contributed by atoms with Crippen LogP contribution in [0.2, 0.25) is 5.02 Å². The maximum absolute atomic E-state index is 12.8. The van der Waals surface area contributed by atoms with Gasteiger partial charge in [-0.2, -0.15) is 5.10 Å². The second-order valence-electron chi connectivity index (χ2n) is 7.65. The van der Waals surface area contributed by atoms with Crippen LogP contribution in [0.1, 0.15) is 16.9 Å². The number of carbonyl (C=O) groups is 1. The van der Waals surface area contributed by atoms with Gasteiger partial charge in [-0.05, 0) is 54.4 Å². The standard InChI is InChI=1S/C23H21ClN6O/c24-16-3-1-2-15(12-16)20-13-26-30-11-9-21(28-22(20)30)23(31)27-18-4-6-19(7-5-18)29-10-8-17(25)14-29/h1-7,9,11-13,17H,8,10,14,25H2,(H,27,31)/t17-/m0/s1. The SMILES string of the molecule is N[C@H]1CCN(c2ccc(NC(=O)c3ccn4ncc(-c5cccc(Cl)c5)c4n3)cc2)C1. The highest BCUT2D eigenvalue weighted by Crippen LogP contribution is 2.26. The van der Waals surface area contributed by atoms with Gasteiger partial charge in [0.2, 0.25) is 0 Å². The molecule has 1 atom stereocenters. The predicted octanol–water partition coefficient (Wildman–Crippen LogP) is 3.84. The Morgan fingerprint density at radius 1 is 1.16 bits per heavy atom. The molecule has 7 nitrogen and oxygen atoms in total. The van der Waals surface area contributed by atoms with E-state index >= 15 is 0 Å². The first-order chi connectivity index (χ1) is 15.1. The molecule has 8 heteroatoms. The maximum atomic E-state index is 12.8. The first kappa shape index (κ1) is 19.5. The molecular formula is C23H21ClN6O. The third-order valence-electron chi connectivity index (χ3n) is 5.45. The number of carbonyl (C=O) groups excluding carboxylic acids is 1. The van der Waals surface area contributed by atoms with Gasteiger partial charge in [0.05, 0.1) is 6.20 Å². The van der Waals surface area contributed by atoms with Crippen molar-refractivity contribution < 1.29 is 4.79 Å². The summed E-state index contributed by atoms with van der Waals surface area (Å²) in [5, 5.41) is 7.87. The molecule has 3 heterocycles. The van der Waals surface area contributed by atoms with Crippen LogP contribution in [0.25, 0.3) is 16.8 Å². The molecule has 0 saturated carbocycles. The number of nitrogens with one attached hydrogen (secondary N) is 1. The lowest BCUT2D eigenvalue weighted by atomic mass is 10.1. The highest BCUT2D eigenvalue weighted by atomic mass is 35.5. The smallest absolute Gasteiger partial charge is 0.274 e. The lowest BCUT2D eigenvalue weighted by Gasteiger charge is -2.18. The predicted molar refractivity (Wildman–Crippen MR) is 123 cm³/mol. The zero-order valence-electron chi connectivity index (χ0n) is 16.7. The summed E-state index contributed by atoms with van der Waals surface area (Å²) in [6.07, 6.45) is 4.45. The van der Waals surface area contributed by atoms with Crippen molar-refractivity contribution in [2.45, 2.75) is 12.5 Å². The van der Waals surface area contributed by atoms with E-state index in [1.807, 2.05) is 48.5 Å². The largest absolute Gasteiger partial charge is 0.370 e. The molecule has 1 aliphatic rings. The quantitative estimate of drug-likeness (QED) is 0.511. The summed E-state index contributed by atoms with van der Waals surface area (Å²) >= 11 is 6.12. The van der Waals surface area contributed by atoms with Crippen molar-refractivity contribution in [2.24, 2.45) is 5.73 Å². The van der Waals surface area contributed by atoms with Crippen molar-refractivity contribution in [3.8, 4) is 11.1 Å². The van der Waals surface area contributed by atoms with Gasteiger partial charge in [-0.25, -0.2) is 9.50 Å². The summed E-state index contributed by atoms with van der Waals surface area (Å²) in [6, 6.07) is 17.1. The average Bonchev–Trinajstić information content (AvgIpc) is 3.40. The van der Waals surface area contributed by atoms with E-state index in [1.54, 1.807) is 23.0 Å². The van der Waals surface area contributed by atoms with Crippen LogP contribution in [0.5, 0.6) is 0 Å². The molecule has 4 aromatic rings. The van der Waals surface area contributed by atoms with E-state index in [4.69, 9.17) is 17.3 Å². The fourth-order valence-corrected chi connectivity index (χ4v) is 4.02. The van der Waals surface area contributed by atoms with Gasteiger partial charge < -0.3 is 16.0 Å². The summed E-state index contributed by atoms with van der Waals surface area (Å²) in [5.41, 5.74) is 10.4. The third-order valence-corrected chi connectivity index (χ3v) is 5.69. The van der Waals surface area contributed by atoms with Crippen LogP contribution in [-0.4, -0.2) is 39.6 Å². The van der Waals surface area contributed by atoms with Gasteiger partial charge in [0.1, 0.15) is 5.69 Å². The molecule has 0 spiro atoms. The molecule has 0 bridgehead atoms. The summed E-state index contributed by atoms with van der Waals surface area (Å²) < 4.78 is 1.64. The zero-order chi connectivity index (χ0) is 21.4. The molecule has 31 heavy (non-hydrogen) atoms. The van der Waals surface area contributed by atoms with Crippen LogP contribution in [-0.2, 0) is 0 Å². The van der Waals surface area contributed by atoms with Crippen LogP contribution in [0.3, 0.4) is 0 Å². The normalized spacial score (nSPS) is 16.1. The maximum Gasteiger partial charge on any atom is 0.274 e. The number of nitrogens with zero attached hydrogens (tertiary/aromatic N) is 4. The number of rotatable bonds is 4. The molecule has 2 aromatic heterocycles. The van der Waals surface area contributed by atoms with Gasteiger partial charge >= 0.3 is 0 Å². The van der Waals surface area contributed by atoms with Gasteiger partial charge in [0.15, 0.2) is 5.65 Å². The molecule has 2 aromatic carbocycles. The molecule has 1 amide bonds. The Kier molecular flexibility index (Phi) is 5.05. The van der Waals surface area contributed by atoms with E-state index in [9.17, 15) is 4.79 Å². The van der Waals surface area contributed by atoms with Crippen LogP contribution in [0.4, 0.5) is 11.4 Å². The van der Waals surface area contributed by atoms with Crippen molar-refractivity contribution in [1.29, 1.82) is 0 Å². The molecule has 1 aliphatic heterocycles. The van der Waals surface area contributed by atoms with E-state index in [2.05, 4.69) is 20.3 Å². The van der Waals surface area contributed by atoms with Gasteiger partial charge in [0.25, 0.3) is 5.91 Å². The number of benzene rings is 2. The summed E-state index contributed by atoms with van der Waals surface area (Å²) in [4.78, 5) is 19.6. The Morgan fingerprint density at radius 2 is 2.00 bits per heavy atom. The Bertz CT molecular complexity index is 1250. The molecule has 3 N–H and O–H groups in total. The molecule has 156 valence electrons. The minimum absolute atomic E-state index is 0.223. The molecule has 0 aliphatic carbocycles. The Labute approximate surface area is 184 Å². The molecule has 1 fully saturated rings. The van der Waals surface area contributed by atoms with Crippen molar-refractivity contribution >= 4 is 34.5 Å². The minimum atomic E-state index is -0.281. The van der Waals surface area contributed by atoms with Gasteiger partial charge in [-0.15, -0.1) is 0 Å². The van der Waals surface area contributed by atoms with E-state index in [0.29, 0.717) is 22.1 Å². The number of amides is 1. The van der Waals surface area contributed by atoms with Gasteiger partial charge in [0, 0.05) is 47.3 Å². The average molecular weight is 433 g/mol. The summed E-state index contributed by atoms with van der Waals surface area (Å²) in [5.74, 6) is -0.281. The topological polar surface area (TPSA) is 88.5 Å². The lowest BCUT2D eigenvalue weighted by molar-refractivity contribution is 0.102. The number of anilines is 2. The molecular weight excluding hydrogens is 412 g/mol. The number of hydrogen-bond acceptors (Lipinski definition) is 5. The lowest BCUT2D eigenvalue weighted by Crippen LogP contribution is -2.26. The molecule has 0 unspecified atom stereocenters. The van der Waals surface area contributed by atoms with Crippen LogP contribution >= 0.6 is 11.6 Å². The molecule has 0 radical (unpaired) electrons. The summed E-state index contributed by atoms with van der Waals surface area (Å²) in [6.45, 7) is 1.81. The monoisotopic (exact) mass is 432 g/mol. The van der Waals surface area contributed by atoms with Gasteiger partial charge in [-0.3, -0.25) is 4.79 Å². The first-order valence-electron chi connectivity index (χ1n) is 10.1. The number of nitrogens with two attached hydrogens (primary N) is 1. The number of halogens is 1. The third kappa shape index (κ3) is 3.97. The highest BCUT2D eigenvalue weighted by molar-refractivity contribution is 6.30. The summed E-state index contributed by atoms with van der Waals surface area (Å²) in [7, 11) is 0. The van der Waals surface area contributed by atoms with Crippen LogP contribution in [0.15, 0.2) is 67.0 Å². The second-order valence-corrected chi connectivity index (χ2v) is 8.08. The Morgan fingerprint density at radius 3 is 2.74 bits per heavy atom. The van der Waals surface area contributed by atoms with Crippen molar-refractivity contribution in [3.63, 3.8) is 0 Å². The van der Waals surface area contributed by atoms with E-state index in [1.165, 1.54) is 0 Å². The van der Waals surface area contributed by atoms with Crippen LogP contribution < -0.4 is 16.0 Å². The van der Waals surface area contributed by atoms with Crippen molar-refractivity contribution in [2.75, 3.05) is 23.3 Å². The second kappa shape index (κ2) is 8.02. The zero-order valence-corrected chi connectivity index (χ0v) is 17.5. The van der Waals surface area contributed by atoms with Crippen molar-refractivity contribution in [3.05, 3.63) is 77.7 Å². The first-order valence-corrected chi connectivity index (χ1v) is 10.5. The van der Waals surface area contributed by atoms with Crippen LogP contribution in [0, 0.1) is 0 Å².